The van der Waals surface area contributed by atoms with Gasteiger partial charge in [0.2, 0.25) is 0 Å². The zero-order chi connectivity index (χ0) is 29.5. The summed E-state index contributed by atoms with van der Waals surface area (Å²) in [5.74, 6) is 0. The number of rotatable bonds is 17. The predicted octanol–water partition coefficient (Wildman–Crippen LogP) is 5.69. The summed E-state index contributed by atoms with van der Waals surface area (Å²) in [6.07, 6.45) is -3.54. The molecular formula is C36H40O7. The minimum absolute atomic E-state index is 0.282. The molecule has 7 nitrogen and oxygen atoms in total. The number of hydrogen-bond donors (Lipinski definition) is 1. The first-order valence-corrected chi connectivity index (χ1v) is 14.8. The molecule has 1 saturated heterocycles. The van der Waals surface area contributed by atoms with Gasteiger partial charge in [-0.25, -0.2) is 0 Å². The van der Waals surface area contributed by atoms with E-state index < -0.39 is 30.7 Å². The van der Waals surface area contributed by atoms with Gasteiger partial charge in [0.15, 0.2) is 6.29 Å². The Balaban J connectivity index is 1.46. The smallest absolute Gasteiger partial charge is 0.186 e. The lowest BCUT2D eigenvalue weighted by Gasteiger charge is -2.38. The molecule has 1 aliphatic heterocycles. The quantitative estimate of drug-likeness (QED) is 0.171. The minimum Gasteiger partial charge on any atom is -0.394 e. The van der Waals surface area contributed by atoms with Crippen LogP contribution in [-0.4, -0.2) is 55.6 Å². The van der Waals surface area contributed by atoms with E-state index in [-0.39, 0.29) is 6.61 Å². The summed E-state index contributed by atoms with van der Waals surface area (Å²) in [6.45, 7) is 1.82. The summed E-state index contributed by atoms with van der Waals surface area (Å²) < 4.78 is 38.2. The summed E-state index contributed by atoms with van der Waals surface area (Å²) in [4.78, 5) is 0. The van der Waals surface area contributed by atoms with Crippen molar-refractivity contribution < 1.29 is 33.5 Å². The Labute approximate surface area is 253 Å². The Morgan fingerprint density at radius 3 is 1.30 bits per heavy atom. The summed E-state index contributed by atoms with van der Waals surface area (Å²) in [7, 11) is 0. The van der Waals surface area contributed by atoms with Gasteiger partial charge in [0.25, 0.3) is 0 Å². The molecule has 0 aromatic heterocycles. The molecule has 4 aromatic rings. The zero-order valence-corrected chi connectivity index (χ0v) is 24.3. The minimum atomic E-state index is -0.730. The monoisotopic (exact) mass is 584 g/mol. The molecule has 1 aliphatic rings. The molecule has 7 heteroatoms. The lowest BCUT2D eigenvalue weighted by Crippen LogP contribution is -2.54. The van der Waals surface area contributed by atoms with Gasteiger partial charge in [-0.2, -0.15) is 0 Å². The normalized spacial score (nSPS) is 16.5. The first-order valence-electron chi connectivity index (χ1n) is 14.8. The average Bonchev–Trinajstić information content (AvgIpc) is 3.61. The van der Waals surface area contributed by atoms with Gasteiger partial charge in [0.05, 0.1) is 46.2 Å². The van der Waals surface area contributed by atoms with Crippen molar-refractivity contribution in [3.8, 4) is 0 Å². The Bertz CT molecular complexity index is 1280. The Morgan fingerprint density at radius 1 is 0.512 bits per heavy atom. The number of benzene rings is 4. The van der Waals surface area contributed by atoms with E-state index in [9.17, 15) is 5.11 Å². The zero-order valence-electron chi connectivity index (χ0n) is 24.3. The highest BCUT2D eigenvalue weighted by Crippen LogP contribution is 2.27. The summed E-state index contributed by atoms with van der Waals surface area (Å²) >= 11 is 0. The van der Waals surface area contributed by atoms with Crippen LogP contribution in [0.4, 0.5) is 0 Å². The van der Waals surface area contributed by atoms with Crippen molar-refractivity contribution in [1.82, 2.24) is 0 Å². The van der Waals surface area contributed by atoms with Crippen molar-refractivity contribution >= 4 is 0 Å². The molecule has 0 saturated carbocycles. The molecule has 5 rings (SSSR count). The van der Waals surface area contributed by atoms with Crippen LogP contribution in [0.25, 0.3) is 0 Å². The molecule has 4 atom stereocenters. The van der Waals surface area contributed by atoms with E-state index in [1.807, 2.05) is 121 Å². The van der Waals surface area contributed by atoms with Crippen molar-refractivity contribution in [2.24, 2.45) is 0 Å². The van der Waals surface area contributed by atoms with Crippen LogP contribution in [0.5, 0.6) is 0 Å². The number of aliphatic hydroxyl groups is 1. The fraction of sp³-hybridized carbons (Fsp3) is 0.333. The van der Waals surface area contributed by atoms with E-state index in [0.29, 0.717) is 39.6 Å². The topological polar surface area (TPSA) is 75.6 Å². The van der Waals surface area contributed by atoms with Crippen LogP contribution in [0.2, 0.25) is 0 Å². The lowest BCUT2D eigenvalue weighted by molar-refractivity contribution is -0.240. The fourth-order valence-electron chi connectivity index (χ4n) is 5.01. The molecule has 1 fully saturated rings. The molecule has 0 radical (unpaired) electrons. The SMILES string of the molecule is OC[C@@H](OCc1ccccc1)[C@@H](OCc1ccccc1)[C@@H](OCc1ccccc1)[C@H](OCc1ccccc1)C1OCCO1. The molecule has 0 bridgehead atoms. The maximum absolute atomic E-state index is 10.7. The van der Waals surface area contributed by atoms with Crippen LogP contribution in [0, 0.1) is 0 Å². The largest absolute Gasteiger partial charge is 0.394 e. The molecule has 0 unspecified atom stereocenters. The highest BCUT2D eigenvalue weighted by molar-refractivity contribution is 5.16. The van der Waals surface area contributed by atoms with Crippen LogP contribution < -0.4 is 0 Å². The van der Waals surface area contributed by atoms with Crippen LogP contribution in [0.1, 0.15) is 22.3 Å². The Morgan fingerprint density at radius 2 is 0.884 bits per heavy atom. The maximum Gasteiger partial charge on any atom is 0.186 e. The van der Waals surface area contributed by atoms with Crippen molar-refractivity contribution in [1.29, 1.82) is 0 Å². The van der Waals surface area contributed by atoms with Gasteiger partial charge in [-0.3, -0.25) is 0 Å². The molecule has 4 aromatic carbocycles. The highest BCUT2D eigenvalue weighted by atomic mass is 16.7. The predicted molar refractivity (Wildman–Crippen MR) is 163 cm³/mol. The van der Waals surface area contributed by atoms with Crippen LogP contribution in [-0.2, 0) is 54.8 Å². The average molecular weight is 585 g/mol. The van der Waals surface area contributed by atoms with Gasteiger partial charge in [-0.05, 0) is 22.3 Å². The van der Waals surface area contributed by atoms with Gasteiger partial charge in [0.1, 0.15) is 24.4 Å². The van der Waals surface area contributed by atoms with Crippen molar-refractivity contribution in [2.45, 2.75) is 57.1 Å². The molecule has 0 spiro atoms. The summed E-state index contributed by atoms with van der Waals surface area (Å²) in [5, 5.41) is 10.7. The number of aliphatic hydroxyl groups excluding tert-OH is 1. The van der Waals surface area contributed by atoms with Crippen molar-refractivity contribution in [3.05, 3.63) is 144 Å². The summed E-state index contributed by atoms with van der Waals surface area (Å²) in [5.41, 5.74) is 3.98. The molecule has 43 heavy (non-hydrogen) atoms. The van der Waals surface area contributed by atoms with Gasteiger partial charge in [-0.1, -0.05) is 121 Å². The number of hydrogen-bond acceptors (Lipinski definition) is 7. The molecule has 1 N–H and O–H groups in total. The van der Waals surface area contributed by atoms with Gasteiger partial charge >= 0.3 is 0 Å². The molecule has 226 valence electrons. The first-order chi connectivity index (χ1) is 21.3. The van der Waals surface area contributed by atoms with Gasteiger partial charge in [-0.15, -0.1) is 0 Å². The first kappa shape index (κ1) is 31.0. The highest BCUT2D eigenvalue weighted by Gasteiger charge is 2.44. The molecule has 0 aliphatic carbocycles. The van der Waals surface area contributed by atoms with E-state index in [2.05, 4.69) is 0 Å². The lowest BCUT2D eigenvalue weighted by atomic mass is 10.0. The van der Waals surface area contributed by atoms with Gasteiger partial charge in [0, 0.05) is 0 Å². The molecule has 1 heterocycles. The third-order valence-corrected chi connectivity index (χ3v) is 7.27. The summed E-state index contributed by atoms with van der Waals surface area (Å²) in [6, 6.07) is 39.7. The van der Waals surface area contributed by atoms with Crippen LogP contribution in [0.3, 0.4) is 0 Å². The van der Waals surface area contributed by atoms with E-state index >= 15 is 0 Å². The Hall–Kier alpha value is -3.40. The van der Waals surface area contributed by atoms with E-state index in [1.165, 1.54) is 0 Å². The van der Waals surface area contributed by atoms with E-state index in [1.54, 1.807) is 0 Å². The molecule has 0 amide bonds. The third kappa shape index (κ3) is 9.55. The van der Waals surface area contributed by atoms with Crippen molar-refractivity contribution in [3.63, 3.8) is 0 Å². The molecular weight excluding hydrogens is 544 g/mol. The number of ether oxygens (including phenoxy) is 6. The third-order valence-electron chi connectivity index (χ3n) is 7.27. The van der Waals surface area contributed by atoms with Crippen molar-refractivity contribution in [2.75, 3.05) is 19.8 Å². The van der Waals surface area contributed by atoms with Crippen LogP contribution in [0.15, 0.2) is 121 Å². The second kappa shape index (κ2) is 17.0. The van der Waals surface area contributed by atoms with E-state index in [0.717, 1.165) is 22.3 Å². The Kier molecular flexibility index (Phi) is 12.3. The van der Waals surface area contributed by atoms with Gasteiger partial charge < -0.3 is 33.5 Å². The second-order valence-electron chi connectivity index (χ2n) is 10.4. The fourth-order valence-corrected chi connectivity index (χ4v) is 5.01. The van der Waals surface area contributed by atoms with E-state index in [4.69, 9.17) is 28.4 Å². The standard InChI is InChI=1S/C36H40O7/c37-23-32(40-24-28-13-5-1-6-14-28)33(41-25-29-15-7-2-8-16-29)34(42-26-30-17-9-3-10-18-30)35(36-38-21-22-39-36)43-27-31-19-11-4-12-20-31/h1-20,32-37H,21-27H2/t32-,33-,34-,35+/m1/s1. The van der Waals surface area contributed by atoms with Crippen LogP contribution >= 0.6 is 0 Å². The second-order valence-corrected chi connectivity index (χ2v) is 10.4. The maximum atomic E-state index is 10.7.